The topological polar surface area (TPSA) is 86.7 Å². The zero-order valence-electron chi connectivity index (χ0n) is 14.7. The van der Waals surface area contributed by atoms with E-state index in [1.54, 1.807) is 19.4 Å². The largest absolute Gasteiger partial charge is 0.493 e. The van der Waals surface area contributed by atoms with Crippen LogP contribution in [-0.2, 0) is 13.0 Å². The first-order valence-corrected chi connectivity index (χ1v) is 8.19. The highest BCUT2D eigenvalue weighted by Crippen LogP contribution is 2.28. The van der Waals surface area contributed by atoms with Gasteiger partial charge in [-0.05, 0) is 36.8 Å². The number of carbonyl (C=O) groups is 1. The van der Waals surface area contributed by atoms with Gasteiger partial charge in [-0.3, -0.25) is 4.79 Å². The molecule has 3 aromatic rings. The predicted molar refractivity (Wildman–Crippen MR) is 93.3 cm³/mol. The lowest BCUT2D eigenvalue weighted by Gasteiger charge is -2.09. The van der Waals surface area contributed by atoms with E-state index in [2.05, 4.69) is 10.5 Å². The fraction of sp³-hybridized carbons (Fsp3) is 0.263. The van der Waals surface area contributed by atoms with Crippen molar-refractivity contribution in [3.63, 3.8) is 0 Å². The molecule has 136 valence electrons. The van der Waals surface area contributed by atoms with Crippen molar-refractivity contribution in [3.8, 4) is 11.5 Å². The average molecular weight is 356 g/mol. The summed E-state index contributed by atoms with van der Waals surface area (Å²) in [5.41, 5.74) is 1.28. The van der Waals surface area contributed by atoms with Gasteiger partial charge in [0.2, 0.25) is 0 Å². The summed E-state index contributed by atoms with van der Waals surface area (Å²) in [6.45, 7) is 2.57. The molecule has 7 nitrogen and oxygen atoms in total. The third-order valence-electron chi connectivity index (χ3n) is 3.72. The molecule has 1 amide bonds. The van der Waals surface area contributed by atoms with Crippen LogP contribution in [0.5, 0.6) is 11.5 Å². The fourth-order valence-electron chi connectivity index (χ4n) is 2.38. The zero-order chi connectivity index (χ0) is 18.4. The number of amides is 1. The summed E-state index contributed by atoms with van der Waals surface area (Å²) in [5, 5.41) is 6.55. The fourth-order valence-corrected chi connectivity index (χ4v) is 2.38. The van der Waals surface area contributed by atoms with Crippen LogP contribution in [0.1, 0.15) is 27.6 Å². The molecule has 0 bridgehead atoms. The molecule has 0 aliphatic rings. The molecule has 0 radical (unpaired) electrons. The number of hydrogen-bond donors (Lipinski definition) is 1. The molecule has 0 aliphatic heterocycles. The SMILES string of the molecule is COc1cc(C)ccc1OCc1cc(C(=O)NCCc2ccco2)no1. The van der Waals surface area contributed by atoms with Crippen molar-refractivity contribution in [1.29, 1.82) is 0 Å². The Hall–Kier alpha value is -3.22. The number of nitrogens with zero attached hydrogens (tertiary/aromatic N) is 1. The number of furan rings is 1. The number of carbonyl (C=O) groups excluding carboxylic acids is 1. The van der Waals surface area contributed by atoms with Crippen LogP contribution in [0, 0.1) is 6.92 Å². The summed E-state index contributed by atoms with van der Waals surface area (Å²) in [6, 6.07) is 10.9. The highest BCUT2D eigenvalue weighted by Gasteiger charge is 2.13. The van der Waals surface area contributed by atoms with Crippen molar-refractivity contribution < 1.29 is 23.2 Å². The van der Waals surface area contributed by atoms with Gasteiger partial charge in [0, 0.05) is 19.0 Å². The van der Waals surface area contributed by atoms with Crippen LogP contribution in [0.3, 0.4) is 0 Å². The Morgan fingerprint density at radius 2 is 2.08 bits per heavy atom. The molecular weight excluding hydrogens is 336 g/mol. The highest BCUT2D eigenvalue weighted by molar-refractivity contribution is 5.92. The van der Waals surface area contributed by atoms with E-state index in [0.29, 0.717) is 30.2 Å². The number of ether oxygens (including phenoxy) is 2. The maximum atomic E-state index is 12.1. The second kappa shape index (κ2) is 8.24. The minimum atomic E-state index is -0.306. The smallest absolute Gasteiger partial charge is 0.273 e. The molecule has 0 fully saturated rings. The maximum absolute atomic E-state index is 12.1. The van der Waals surface area contributed by atoms with Gasteiger partial charge < -0.3 is 23.7 Å². The third-order valence-corrected chi connectivity index (χ3v) is 3.72. The molecule has 1 N–H and O–H groups in total. The quantitative estimate of drug-likeness (QED) is 0.667. The van der Waals surface area contributed by atoms with E-state index in [1.165, 1.54) is 0 Å². The molecule has 2 aromatic heterocycles. The number of aromatic nitrogens is 1. The zero-order valence-corrected chi connectivity index (χ0v) is 14.7. The molecule has 0 saturated carbocycles. The van der Waals surface area contributed by atoms with Crippen LogP contribution in [-0.4, -0.2) is 24.7 Å². The first kappa shape index (κ1) is 17.6. The second-order valence-electron chi connectivity index (χ2n) is 5.71. The molecule has 0 unspecified atom stereocenters. The number of methoxy groups -OCH3 is 1. The van der Waals surface area contributed by atoms with Gasteiger partial charge in [-0.1, -0.05) is 11.2 Å². The maximum Gasteiger partial charge on any atom is 0.273 e. The van der Waals surface area contributed by atoms with E-state index < -0.39 is 0 Å². The second-order valence-corrected chi connectivity index (χ2v) is 5.71. The van der Waals surface area contributed by atoms with E-state index in [-0.39, 0.29) is 18.2 Å². The van der Waals surface area contributed by atoms with Gasteiger partial charge in [-0.2, -0.15) is 0 Å². The van der Waals surface area contributed by atoms with Crippen LogP contribution in [0.4, 0.5) is 0 Å². The van der Waals surface area contributed by atoms with Crippen LogP contribution in [0.2, 0.25) is 0 Å². The van der Waals surface area contributed by atoms with E-state index in [9.17, 15) is 4.79 Å². The number of rotatable bonds is 8. The third kappa shape index (κ3) is 4.44. The number of benzene rings is 1. The molecule has 0 saturated heterocycles. The molecule has 2 heterocycles. The van der Waals surface area contributed by atoms with Crippen LogP contribution >= 0.6 is 0 Å². The Bertz CT molecular complexity index is 855. The van der Waals surface area contributed by atoms with Crippen molar-refractivity contribution in [3.05, 3.63) is 65.4 Å². The summed E-state index contributed by atoms with van der Waals surface area (Å²) < 4.78 is 21.4. The van der Waals surface area contributed by atoms with Gasteiger partial charge in [0.1, 0.15) is 12.4 Å². The summed E-state index contributed by atoms with van der Waals surface area (Å²) in [6.07, 6.45) is 2.21. The summed E-state index contributed by atoms with van der Waals surface area (Å²) in [5.74, 6) is 2.19. The Morgan fingerprint density at radius 1 is 1.19 bits per heavy atom. The van der Waals surface area contributed by atoms with Gasteiger partial charge in [-0.25, -0.2) is 0 Å². The van der Waals surface area contributed by atoms with Gasteiger partial charge >= 0.3 is 0 Å². The number of aryl methyl sites for hydroxylation is 1. The van der Waals surface area contributed by atoms with Gasteiger partial charge in [-0.15, -0.1) is 0 Å². The van der Waals surface area contributed by atoms with E-state index in [4.69, 9.17) is 18.4 Å². The average Bonchev–Trinajstić information content (AvgIpc) is 3.32. The van der Waals surface area contributed by atoms with Gasteiger partial charge in [0.05, 0.1) is 13.4 Å². The Morgan fingerprint density at radius 3 is 2.85 bits per heavy atom. The van der Waals surface area contributed by atoms with Crippen LogP contribution in [0.25, 0.3) is 0 Å². The minimum absolute atomic E-state index is 0.145. The molecule has 3 rings (SSSR count). The Kier molecular flexibility index (Phi) is 5.58. The van der Waals surface area contributed by atoms with Gasteiger partial charge in [0.15, 0.2) is 23.0 Å². The first-order chi connectivity index (χ1) is 12.7. The van der Waals surface area contributed by atoms with Crippen molar-refractivity contribution in [2.24, 2.45) is 0 Å². The molecule has 1 aromatic carbocycles. The van der Waals surface area contributed by atoms with E-state index >= 15 is 0 Å². The van der Waals surface area contributed by atoms with Crippen molar-refractivity contribution in [2.45, 2.75) is 20.0 Å². The number of nitrogens with one attached hydrogen (secondary N) is 1. The molecule has 26 heavy (non-hydrogen) atoms. The van der Waals surface area contributed by atoms with Crippen molar-refractivity contribution in [2.75, 3.05) is 13.7 Å². The summed E-state index contributed by atoms with van der Waals surface area (Å²) in [7, 11) is 1.58. The molecule has 0 atom stereocenters. The minimum Gasteiger partial charge on any atom is -0.493 e. The molecule has 0 aliphatic carbocycles. The van der Waals surface area contributed by atoms with Crippen LogP contribution in [0.15, 0.2) is 51.6 Å². The lowest BCUT2D eigenvalue weighted by Crippen LogP contribution is -2.25. The number of hydrogen-bond acceptors (Lipinski definition) is 6. The first-order valence-electron chi connectivity index (χ1n) is 8.19. The summed E-state index contributed by atoms with van der Waals surface area (Å²) >= 11 is 0. The standard InChI is InChI=1S/C19H20N2O5/c1-13-5-6-17(18(10-13)23-2)25-12-15-11-16(21-26-15)19(22)20-8-7-14-4-3-9-24-14/h3-6,9-11H,7-8,12H2,1-2H3,(H,20,22). The molecular formula is C19H20N2O5. The predicted octanol–water partition coefficient (Wildman–Crippen LogP) is 3.14. The van der Waals surface area contributed by atoms with E-state index in [0.717, 1.165) is 11.3 Å². The van der Waals surface area contributed by atoms with E-state index in [1.807, 2.05) is 37.3 Å². The monoisotopic (exact) mass is 356 g/mol. The molecule has 0 spiro atoms. The lowest BCUT2D eigenvalue weighted by atomic mass is 10.2. The van der Waals surface area contributed by atoms with Crippen LogP contribution < -0.4 is 14.8 Å². The summed E-state index contributed by atoms with van der Waals surface area (Å²) in [4.78, 5) is 12.1. The van der Waals surface area contributed by atoms with Crippen molar-refractivity contribution in [1.82, 2.24) is 10.5 Å². The molecule has 7 heteroatoms. The lowest BCUT2D eigenvalue weighted by molar-refractivity contribution is 0.0944. The Balaban J connectivity index is 1.52. The highest BCUT2D eigenvalue weighted by atomic mass is 16.5. The normalized spacial score (nSPS) is 10.5. The Labute approximate surface area is 150 Å². The van der Waals surface area contributed by atoms with Gasteiger partial charge in [0.25, 0.3) is 5.91 Å². The van der Waals surface area contributed by atoms with Crippen molar-refractivity contribution >= 4 is 5.91 Å².